The third-order valence-corrected chi connectivity index (χ3v) is 9.48. The number of aliphatic hydroxyl groups is 1. The van der Waals surface area contributed by atoms with Gasteiger partial charge >= 0.3 is 0 Å². The van der Waals surface area contributed by atoms with E-state index in [9.17, 15) is 29.1 Å². The number of hydrogen-bond donors (Lipinski definition) is 7. The molecule has 0 saturated carbocycles. The Balaban J connectivity index is 2.28. The number of hydrogen-bond acceptors (Lipinski definition) is 7. The molecule has 53 heavy (non-hydrogen) atoms. The molecule has 12 nitrogen and oxygen atoms in total. The average Bonchev–Trinajstić information content (AvgIpc) is 3.10. The Bertz CT molecular complexity index is 1440. The van der Waals surface area contributed by atoms with E-state index in [2.05, 4.69) is 26.6 Å². The van der Waals surface area contributed by atoms with Gasteiger partial charge < -0.3 is 37.4 Å². The first kappa shape index (κ1) is 44.9. The molecule has 0 aliphatic heterocycles. The monoisotopic (exact) mass is 736 g/mol. The molecule has 0 saturated heterocycles. The second kappa shape index (κ2) is 22.7. The maximum absolute atomic E-state index is 14.0. The number of aliphatic hydroxyl groups excluding tert-OH is 1. The van der Waals surface area contributed by atoms with Gasteiger partial charge in [0, 0.05) is 31.3 Å². The van der Waals surface area contributed by atoms with Crippen molar-refractivity contribution >= 4 is 29.5 Å². The lowest BCUT2D eigenvalue weighted by atomic mass is 9.94. The lowest BCUT2D eigenvalue weighted by molar-refractivity contribution is -0.133. The summed E-state index contributed by atoms with van der Waals surface area (Å²) in [6.45, 7) is 14.8. The molecule has 0 aliphatic rings. The number of nitrogens with one attached hydrogen (secondary N) is 5. The first-order chi connectivity index (χ1) is 25.1. The molecule has 0 bridgehead atoms. The smallest absolute Gasteiger partial charge is 0.243 e. The van der Waals surface area contributed by atoms with Crippen molar-refractivity contribution in [3.63, 3.8) is 0 Å². The first-order valence-electron chi connectivity index (χ1n) is 19.0. The fraction of sp³-hybridized carbons (Fsp3) is 0.585. The van der Waals surface area contributed by atoms with Crippen molar-refractivity contribution in [3.05, 3.63) is 71.8 Å². The number of nitrogens with two attached hydrogens (primary N) is 1. The Morgan fingerprint density at radius 3 is 1.60 bits per heavy atom. The van der Waals surface area contributed by atoms with Gasteiger partial charge in [-0.1, -0.05) is 122 Å². The van der Waals surface area contributed by atoms with E-state index < -0.39 is 54.0 Å². The molecule has 0 aromatic heterocycles. The zero-order chi connectivity index (χ0) is 39.7. The quantitative estimate of drug-likeness (QED) is 0.0967. The lowest BCUT2D eigenvalue weighted by Crippen LogP contribution is -2.60. The molecular weight excluding hydrogens is 672 g/mol. The first-order valence-corrected chi connectivity index (χ1v) is 19.0. The van der Waals surface area contributed by atoms with Gasteiger partial charge in [-0.15, -0.1) is 0 Å². The molecule has 0 radical (unpaired) electrons. The molecule has 294 valence electrons. The molecule has 2 rings (SSSR count). The van der Waals surface area contributed by atoms with Crippen molar-refractivity contribution < 1.29 is 29.1 Å². The summed E-state index contributed by atoms with van der Waals surface area (Å²) in [5, 5.41) is 24.2. The predicted octanol–water partition coefficient (Wildman–Crippen LogP) is 3.01. The van der Waals surface area contributed by atoms with Gasteiger partial charge in [-0.05, 0) is 41.2 Å². The van der Waals surface area contributed by atoms with Gasteiger partial charge in [-0.2, -0.15) is 0 Å². The van der Waals surface area contributed by atoms with Crippen LogP contribution in [0.2, 0.25) is 0 Å². The average molecular weight is 737 g/mol. The van der Waals surface area contributed by atoms with Crippen LogP contribution < -0.4 is 32.3 Å². The van der Waals surface area contributed by atoms with Gasteiger partial charge in [0.05, 0.1) is 12.6 Å². The predicted molar refractivity (Wildman–Crippen MR) is 208 cm³/mol. The molecule has 7 atom stereocenters. The number of benzene rings is 2. The molecule has 0 aliphatic carbocycles. The van der Waals surface area contributed by atoms with Gasteiger partial charge in [-0.3, -0.25) is 24.0 Å². The summed E-state index contributed by atoms with van der Waals surface area (Å²) >= 11 is 0. The Labute approximate surface area is 316 Å². The van der Waals surface area contributed by atoms with Crippen molar-refractivity contribution in [1.29, 1.82) is 0 Å². The summed E-state index contributed by atoms with van der Waals surface area (Å²) in [6, 6.07) is 14.0. The summed E-state index contributed by atoms with van der Waals surface area (Å²) in [5.74, 6) is -2.49. The fourth-order valence-electron chi connectivity index (χ4n) is 5.91. The molecule has 5 amide bonds. The van der Waals surface area contributed by atoms with Gasteiger partial charge in [0.2, 0.25) is 29.5 Å². The van der Waals surface area contributed by atoms with Crippen LogP contribution in [0.3, 0.4) is 0 Å². The van der Waals surface area contributed by atoms with E-state index in [0.717, 1.165) is 11.1 Å². The largest absolute Gasteiger partial charge is 0.394 e. The standard InChI is InChI=1S/C41H64N6O6/c1-9-28(8)38(41(53)45-34(24-48)26(4)5)46-36(50)23-31(42)32(21-29-16-12-10-13-17-29)44-40(52)37(27(6)7)47-39(51)33(43-35(49)20-25(2)3)22-30-18-14-11-15-19-30/h10-19,25-28,31-34,37-38,48H,9,20-24,42H2,1-8H3,(H,43,49)(H,44,52)(H,45,53)(H,46,50)(H,47,51)/t28-,31-,32?,33-,34+,37-,38-/m0/s1. The number of carbonyl (C=O) groups is 5. The third-order valence-electron chi connectivity index (χ3n) is 9.48. The highest BCUT2D eigenvalue weighted by molar-refractivity contribution is 5.92. The van der Waals surface area contributed by atoms with Crippen molar-refractivity contribution in [2.75, 3.05) is 6.61 Å². The highest BCUT2D eigenvalue weighted by Gasteiger charge is 2.33. The van der Waals surface area contributed by atoms with E-state index in [1.807, 2.05) is 116 Å². The van der Waals surface area contributed by atoms with Gasteiger partial charge in [0.15, 0.2) is 0 Å². The number of amides is 5. The zero-order valence-corrected chi connectivity index (χ0v) is 32.9. The Kier molecular flexibility index (Phi) is 19.2. The molecule has 12 heteroatoms. The van der Waals surface area contributed by atoms with Crippen LogP contribution in [0.1, 0.15) is 85.8 Å². The van der Waals surface area contributed by atoms with Crippen LogP contribution in [0.25, 0.3) is 0 Å². The number of rotatable bonds is 22. The lowest BCUT2D eigenvalue weighted by Gasteiger charge is -2.31. The van der Waals surface area contributed by atoms with E-state index in [-0.39, 0.29) is 61.4 Å². The van der Waals surface area contributed by atoms with Crippen molar-refractivity contribution in [1.82, 2.24) is 26.6 Å². The van der Waals surface area contributed by atoms with Gasteiger partial charge in [-0.25, -0.2) is 0 Å². The molecule has 2 aromatic rings. The molecule has 2 aromatic carbocycles. The van der Waals surface area contributed by atoms with Crippen molar-refractivity contribution in [3.8, 4) is 0 Å². The maximum Gasteiger partial charge on any atom is 0.243 e. The molecule has 0 spiro atoms. The van der Waals surface area contributed by atoms with E-state index in [1.165, 1.54) is 0 Å². The highest BCUT2D eigenvalue weighted by Crippen LogP contribution is 2.14. The van der Waals surface area contributed by atoms with Crippen LogP contribution in [-0.2, 0) is 36.8 Å². The van der Waals surface area contributed by atoms with Crippen LogP contribution >= 0.6 is 0 Å². The summed E-state index contributed by atoms with van der Waals surface area (Å²) < 4.78 is 0. The molecule has 1 unspecified atom stereocenters. The molecule has 8 N–H and O–H groups in total. The third kappa shape index (κ3) is 15.7. The summed E-state index contributed by atoms with van der Waals surface area (Å²) in [5.41, 5.74) is 8.42. The summed E-state index contributed by atoms with van der Waals surface area (Å²) in [4.78, 5) is 67.3. The number of carbonyl (C=O) groups excluding carboxylic acids is 5. The Hall–Kier alpha value is -4.29. The van der Waals surface area contributed by atoms with Crippen molar-refractivity contribution in [2.45, 2.75) is 124 Å². The van der Waals surface area contributed by atoms with Crippen LogP contribution in [0.4, 0.5) is 0 Å². The zero-order valence-electron chi connectivity index (χ0n) is 32.9. The van der Waals surface area contributed by atoms with Crippen LogP contribution in [0.5, 0.6) is 0 Å². The fourth-order valence-corrected chi connectivity index (χ4v) is 5.91. The normalized spacial score (nSPS) is 15.4. The van der Waals surface area contributed by atoms with E-state index in [1.54, 1.807) is 0 Å². The summed E-state index contributed by atoms with van der Waals surface area (Å²) in [7, 11) is 0. The minimum atomic E-state index is -0.971. The highest BCUT2D eigenvalue weighted by atomic mass is 16.3. The molecule has 0 heterocycles. The maximum atomic E-state index is 14.0. The minimum absolute atomic E-state index is 0.00848. The summed E-state index contributed by atoms with van der Waals surface area (Å²) in [6.07, 6.45) is 1.24. The Morgan fingerprint density at radius 1 is 0.604 bits per heavy atom. The Morgan fingerprint density at radius 2 is 1.11 bits per heavy atom. The van der Waals surface area contributed by atoms with Crippen molar-refractivity contribution in [2.24, 2.45) is 29.4 Å². The van der Waals surface area contributed by atoms with E-state index in [0.29, 0.717) is 12.8 Å². The molecular formula is C41H64N6O6. The van der Waals surface area contributed by atoms with E-state index in [4.69, 9.17) is 5.73 Å². The van der Waals surface area contributed by atoms with Gasteiger partial charge in [0.25, 0.3) is 0 Å². The minimum Gasteiger partial charge on any atom is -0.394 e. The van der Waals surface area contributed by atoms with Crippen LogP contribution in [-0.4, -0.2) is 77.5 Å². The second-order valence-corrected chi connectivity index (χ2v) is 15.3. The van der Waals surface area contributed by atoms with E-state index >= 15 is 0 Å². The molecule has 0 fully saturated rings. The van der Waals surface area contributed by atoms with Crippen LogP contribution in [0.15, 0.2) is 60.7 Å². The van der Waals surface area contributed by atoms with Gasteiger partial charge in [0.1, 0.15) is 18.1 Å². The second-order valence-electron chi connectivity index (χ2n) is 15.3. The topological polar surface area (TPSA) is 192 Å². The SMILES string of the molecule is CC[C@H](C)[C@H](NC(=O)C[C@H](N)C(Cc1ccccc1)NC(=O)[C@@H](NC(=O)[C@H](Cc1ccccc1)NC(=O)CC(C)C)C(C)C)C(=O)N[C@H](CO)C(C)C. The van der Waals surface area contributed by atoms with Crippen LogP contribution in [0, 0.1) is 23.7 Å².